The molecule has 7 heteroatoms. The average molecular weight is 405 g/mol. The number of benzene rings is 2. The number of rotatable bonds is 4. The molecule has 2 aliphatic rings. The topological polar surface area (TPSA) is 81.4 Å². The third kappa shape index (κ3) is 3.43. The molecule has 2 aliphatic heterocycles. The second kappa shape index (κ2) is 7.15. The Balaban J connectivity index is 1.58. The minimum Gasteiger partial charge on any atom is -0.373 e. The first-order valence-corrected chi connectivity index (χ1v) is 9.51. The number of primary amides is 1. The van der Waals surface area contributed by atoms with Crippen molar-refractivity contribution in [2.75, 3.05) is 5.32 Å². The molecule has 0 aromatic heterocycles. The molecule has 4 rings (SSSR count). The van der Waals surface area contributed by atoms with Gasteiger partial charge in [0.1, 0.15) is 0 Å². The zero-order chi connectivity index (χ0) is 19.1. The minimum atomic E-state index is -0.473. The van der Waals surface area contributed by atoms with Crippen LogP contribution in [0.5, 0.6) is 0 Å². The van der Waals surface area contributed by atoms with Gasteiger partial charge in [0.2, 0.25) is 11.8 Å². The fraction of sp³-hybridized carbons (Fsp3) is 0.300. The van der Waals surface area contributed by atoms with Crippen LogP contribution in [-0.4, -0.2) is 24.0 Å². The van der Waals surface area contributed by atoms with Gasteiger partial charge in [-0.05, 0) is 48.7 Å². The Labute approximate surface area is 166 Å². The van der Waals surface area contributed by atoms with Gasteiger partial charge in [-0.25, -0.2) is 0 Å². The van der Waals surface area contributed by atoms with Crippen molar-refractivity contribution in [3.05, 3.63) is 63.6 Å². The number of nitrogens with one attached hydrogen (secondary N) is 1. The standard InChI is InChI=1S/C20H18Cl2N2O3/c21-13-6-5-12(9-14(13)22)24-20(26)18-16-8-7-15(27-16)17(18)10-1-3-11(4-2-10)19(23)25/h1-6,9,15-18H,7-8H2,(H2,23,25)(H,24,26)/t15-,16+,17-,18+/m0/s1. The Morgan fingerprint density at radius 1 is 1.00 bits per heavy atom. The highest BCUT2D eigenvalue weighted by atomic mass is 35.5. The lowest BCUT2D eigenvalue weighted by Crippen LogP contribution is -2.36. The van der Waals surface area contributed by atoms with E-state index < -0.39 is 5.91 Å². The van der Waals surface area contributed by atoms with Crippen LogP contribution in [0.15, 0.2) is 42.5 Å². The van der Waals surface area contributed by atoms with E-state index in [1.54, 1.807) is 30.3 Å². The fourth-order valence-electron chi connectivity index (χ4n) is 4.10. The third-order valence-electron chi connectivity index (χ3n) is 5.34. The van der Waals surface area contributed by atoms with Gasteiger partial charge in [0.15, 0.2) is 0 Å². The molecule has 2 bridgehead atoms. The van der Waals surface area contributed by atoms with Crippen LogP contribution in [0.1, 0.15) is 34.7 Å². The van der Waals surface area contributed by atoms with Gasteiger partial charge in [0.25, 0.3) is 0 Å². The largest absolute Gasteiger partial charge is 0.373 e. The number of hydrogen-bond donors (Lipinski definition) is 2. The number of carbonyl (C=O) groups excluding carboxylic acids is 2. The summed E-state index contributed by atoms with van der Waals surface area (Å²) in [6.45, 7) is 0. The summed E-state index contributed by atoms with van der Waals surface area (Å²) in [6, 6.07) is 12.1. The number of halogens is 2. The molecular formula is C20H18Cl2N2O3. The van der Waals surface area contributed by atoms with Crippen LogP contribution >= 0.6 is 23.2 Å². The first-order valence-electron chi connectivity index (χ1n) is 8.75. The number of hydrogen-bond acceptors (Lipinski definition) is 3. The number of nitrogens with two attached hydrogens (primary N) is 1. The monoisotopic (exact) mass is 404 g/mol. The summed E-state index contributed by atoms with van der Waals surface area (Å²) >= 11 is 12.0. The molecule has 2 amide bonds. The van der Waals surface area contributed by atoms with Crippen LogP contribution in [-0.2, 0) is 9.53 Å². The van der Waals surface area contributed by atoms with Crippen molar-refractivity contribution in [2.45, 2.75) is 31.0 Å². The highest BCUT2D eigenvalue weighted by Gasteiger charge is 2.52. The molecule has 2 heterocycles. The summed E-state index contributed by atoms with van der Waals surface area (Å²) in [4.78, 5) is 24.3. The van der Waals surface area contributed by atoms with Gasteiger partial charge >= 0.3 is 0 Å². The van der Waals surface area contributed by atoms with E-state index in [-0.39, 0.29) is 30.0 Å². The maximum absolute atomic E-state index is 13.0. The molecule has 0 saturated carbocycles. The van der Waals surface area contributed by atoms with Gasteiger partial charge in [-0.1, -0.05) is 35.3 Å². The van der Waals surface area contributed by atoms with Crippen LogP contribution in [0.4, 0.5) is 5.69 Å². The molecule has 4 atom stereocenters. The summed E-state index contributed by atoms with van der Waals surface area (Å²) in [5, 5.41) is 3.75. The third-order valence-corrected chi connectivity index (χ3v) is 6.08. The highest BCUT2D eigenvalue weighted by Crippen LogP contribution is 2.49. The normalized spacial score (nSPS) is 26.1. The molecule has 0 aliphatic carbocycles. The van der Waals surface area contributed by atoms with E-state index in [2.05, 4.69) is 5.32 Å². The van der Waals surface area contributed by atoms with E-state index >= 15 is 0 Å². The predicted molar refractivity (Wildman–Crippen MR) is 104 cm³/mol. The predicted octanol–water partition coefficient (Wildman–Crippen LogP) is 3.99. The van der Waals surface area contributed by atoms with Gasteiger partial charge < -0.3 is 15.8 Å². The van der Waals surface area contributed by atoms with Crippen molar-refractivity contribution in [3.8, 4) is 0 Å². The first-order chi connectivity index (χ1) is 12.9. The zero-order valence-corrected chi connectivity index (χ0v) is 15.8. The van der Waals surface area contributed by atoms with Gasteiger partial charge in [0, 0.05) is 17.2 Å². The van der Waals surface area contributed by atoms with Crippen LogP contribution < -0.4 is 11.1 Å². The number of carbonyl (C=O) groups is 2. The van der Waals surface area contributed by atoms with Crippen LogP contribution in [0.2, 0.25) is 10.0 Å². The molecule has 2 saturated heterocycles. The van der Waals surface area contributed by atoms with Gasteiger partial charge in [0.05, 0.1) is 28.2 Å². The van der Waals surface area contributed by atoms with E-state index in [1.807, 2.05) is 12.1 Å². The van der Waals surface area contributed by atoms with E-state index in [1.165, 1.54) is 0 Å². The van der Waals surface area contributed by atoms with E-state index in [0.717, 1.165) is 18.4 Å². The average Bonchev–Trinajstić information content (AvgIpc) is 3.26. The maximum atomic E-state index is 13.0. The summed E-state index contributed by atoms with van der Waals surface area (Å²) in [5.41, 5.74) is 7.33. The summed E-state index contributed by atoms with van der Waals surface area (Å²) < 4.78 is 6.03. The summed E-state index contributed by atoms with van der Waals surface area (Å²) in [7, 11) is 0. The highest BCUT2D eigenvalue weighted by molar-refractivity contribution is 6.42. The van der Waals surface area contributed by atoms with Gasteiger partial charge in [-0.15, -0.1) is 0 Å². The molecule has 0 radical (unpaired) electrons. The second-order valence-corrected chi connectivity index (χ2v) is 7.76. The molecule has 5 nitrogen and oxygen atoms in total. The Bertz CT molecular complexity index is 901. The van der Waals surface area contributed by atoms with Crippen molar-refractivity contribution in [1.29, 1.82) is 0 Å². The molecule has 3 N–H and O–H groups in total. The Morgan fingerprint density at radius 2 is 1.70 bits per heavy atom. The van der Waals surface area contributed by atoms with Crippen molar-refractivity contribution >= 4 is 40.7 Å². The summed E-state index contributed by atoms with van der Waals surface area (Å²) in [5.74, 6) is -0.949. The van der Waals surface area contributed by atoms with Crippen LogP contribution in [0.3, 0.4) is 0 Å². The molecule has 2 aromatic carbocycles. The molecule has 140 valence electrons. The Kier molecular flexibility index (Phi) is 4.84. The van der Waals surface area contributed by atoms with E-state index in [4.69, 9.17) is 33.7 Å². The second-order valence-electron chi connectivity index (χ2n) is 6.95. The lowest BCUT2D eigenvalue weighted by molar-refractivity contribution is -0.121. The Morgan fingerprint density at radius 3 is 2.37 bits per heavy atom. The lowest BCUT2D eigenvalue weighted by Gasteiger charge is -2.27. The number of amides is 2. The smallest absolute Gasteiger partial charge is 0.248 e. The van der Waals surface area contributed by atoms with E-state index in [0.29, 0.717) is 21.3 Å². The molecular weight excluding hydrogens is 387 g/mol. The number of fused-ring (bicyclic) bond motifs is 2. The molecule has 27 heavy (non-hydrogen) atoms. The molecule has 2 aromatic rings. The minimum absolute atomic E-state index is 0.000941. The van der Waals surface area contributed by atoms with Gasteiger partial charge in [-0.3, -0.25) is 9.59 Å². The molecule has 0 unspecified atom stereocenters. The van der Waals surface area contributed by atoms with E-state index in [9.17, 15) is 9.59 Å². The van der Waals surface area contributed by atoms with Crippen molar-refractivity contribution in [1.82, 2.24) is 0 Å². The number of anilines is 1. The number of ether oxygens (including phenoxy) is 1. The first kappa shape index (κ1) is 18.3. The van der Waals surface area contributed by atoms with Gasteiger partial charge in [-0.2, -0.15) is 0 Å². The Hall–Kier alpha value is -2.08. The van der Waals surface area contributed by atoms with Crippen LogP contribution in [0, 0.1) is 5.92 Å². The fourth-order valence-corrected chi connectivity index (χ4v) is 4.40. The molecule has 2 fully saturated rings. The lowest BCUT2D eigenvalue weighted by atomic mass is 9.75. The van der Waals surface area contributed by atoms with Crippen molar-refractivity contribution in [3.63, 3.8) is 0 Å². The summed E-state index contributed by atoms with van der Waals surface area (Å²) in [6.07, 6.45) is 1.67. The van der Waals surface area contributed by atoms with Crippen LogP contribution in [0.25, 0.3) is 0 Å². The zero-order valence-electron chi connectivity index (χ0n) is 14.3. The SMILES string of the molecule is NC(=O)c1ccc([C@@H]2[C@H](C(=O)Nc3ccc(Cl)c(Cl)c3)[C@H]3CC[C@@H]2O3)cc1. The molecule has 0 spiro atoms. The van der Waals surface area contributed by atoms with Crippen molar-refractivity contribution in [2.24, 2.45) is 11.7 Å². The van der Waals surface area contributed by atoms with Crippen molar-refractivity contribution < 1.29 is 14.3 Å². The maximum Gasteiger partial charge on any atom is 0.248 e. The quantitative estimate of drug-likeness (QED) is 0.807.